The van der Waals surface area contributed by atoms with Crippen molar-refractivity contribution in [3.8, 4) is 0 Å². The molecule has 1 amide bonds. The van der Waals surface area contributed by atoms with Crippen LogP contribution in [-0.2, 0) is 11.0 Å². The van der Waals surface area contributed by atoms with Gasteiger partial charge in [0.15, 0.2) is 0 Å². The Morgan fingerprint density at radius 3 is 2.29 bits per heavy atom. The van der Waals surface area contributed by atoms with E-state index in [-0.39, 0.29) is 17.6 Å². The summed E-state index contributed by atoms with van der Waals surface area (Å²) in [4.78, 5) is 28.3. The molecule has 2 aromatic carbocycles. The SMILES string of the molecule is O=C(CCN1CCN(c2ccc(F)cc2F)CC1)N1CCC(Nc2ccc([N+](=O)[O-])c(C(F)(F)F)c2)CC1. The highest BCUT2D eigenvalue weighted by atomic mass is 19.4. The average molecular weight is 542 g/mol. The number of anilines is 2. The second-order valence-corrected chi connectivity index (χ2v) is 9.46. The third-order valence-corrected chi connectivity index (χ3v) is 6.98. The van der Waals surface area contributed by atoms with Crippen molar-refractivity contribution in [2.75, 3.05) is 56.0 Å². The number of likely N-dealkylation sites (tertiary alicyclic amines) is 1. The highest BCUT2D eigenvalue weighted by Gasteiger charge is 2.38. The number of hydrogen-bond acceptors (Lipinski definition) is 6. The fourth-order valence-electron chi connectivity index (χ4n) is 4.88. The van der Waals surface area contributed by atoms with Gasteiger partial charge < -0.3 is 15.1 Å². The fraction of sp³-hybridized carbons (Fsp3) is 0.480. The fourth-order valence-corrected chi connectivity index (χ4v) is 4.88. The standard InChI is InChI=1S/C25H28F5N5O3/c26-17-1-3-23(21(27)15-17)33-13-11-32(12-14-33)8-7-24(36)34-9-5-18(6-10-34)31-19-2-4-22(35(37)38)20(16-19)25(28,29)30/h1-4,15-16,18,31H,5-14H2. The zero-order valence-electron chi connectivity index (χ0n) is 20.5. The predicted molar refractivity (Wildman–Crippen MR) is 131 cm³/mol. The van der Waals surface area contributed by atoms with E-state index >= 15 is 0 Å². The number of rotatable bonds is 7. The number of nitro benzene ring substituents is 1. The van der Waals surface area contributed by atoms with Gasteiger partial charge in [-0.25, -0.2) is 8.78 Å². The highest BCUT2D eigenvalue weighted by Crippen LogP contribution is 2.38. The van der Waals surface area contributed by atoms with Crippen LogP contribution in [0.2, 0.25) is 0 Å². The first-order valence-corrected chi connectivity index (χ1v) is 12.3. The Morgan fingerprint density at radius 2 is 1.68 bits per heavy atom. The zero-order valence-corrected chi connectivity index (χ0v) is 20.5. The van der Waals surface area contributed by atoms with Crippen LogP contribution < -0.4 is 10.2 Å². The van der Waals surface area contributed by atoms with Gasteiger partial charge in [0.1, 0.15) is 17.2 Å². The number of amides is 1. The molecule has 13 heteroatoms. The van der Waals surface area contributed by atoms with Crippen molar-refractivity contribution in [3.05, 3.63) is 63.7 Å². The van der Waals surface area contributed by atoms with Crippen molar-refractivity contribution < 1.29 is 31.7 Å². The minimum absolute atomic E-state index is 0.00912. The maximum absolute atomic E-state index is 14.0. The normalized spacial score (nSPS) is 17.5. The molecule has 38 heavy (non-hydrogen) atoms. The molecule has 2 aliphatic heterocycles. The van der Waals surface area contributed by atoms with Gasteiger partial charge in [-0.1, -0.05) is 0 Å². The van der Waals surface area contributed by atoms with E-state index < -0.39 is 34.0 Å². The molecule has 2 aromatic rings. The molecule has 2 fully saturated rings. The first-order chi connectivity index (χ1) is 18.0. The summed E-state index contributed by atoms with van der Waals surface area (Å²) in [6.45, 7) is 3.87. The second kappa shape index (κ2) is 11.5. The Balaban J connectivity index is 1.21. The minimum atomic E-state index is -4.85. The highest BCUT2D eigenvalue weighted by molar-refractivity contribution is 5.76. The van der Waals surface area contributed by atoms with E-state index in [0.29, 0.717) is 70.8 Å². The number of carbonyl (C=O) groups excluding carboxylic acids is 1. The number of halogens is 5. The lowest BCUT2D eigenvalue weighted by atomic mass is 10.0. The lowest BCUT2D eigenvalue weighted by Gasteiger charge is -2.37. The molecule has 2 heterocycles. The number of nitrogens with one attached hydrogen (secondary N) is 1. The van der Waals surface area contributed by atoms with E-state index in [0.717, 1.165) is 18.2 Å². The number of piperidine rings is 1. The number of nitrogens with zero attached hydrogens (tertiary/aromatic N) is 4. The number of piperazine rings is 1. The van der Waals surface area contributed by atoms with Gasteiger partial charge in [-0.05, 0) is 37.1 Å². The summed E-state index contributed by atoms with van der Waals surface area (Å²) in [5.74, 6) is -1.23. The largest absolute Gasteiger partial charge is 0.423 e. The van der Waals surface area contributed by atoms with E-state index in [2.05, 4.69) is 10.2 Å². The van der Waals surface area contributed by atoms with Gasteiger partial charge in [0, 0.05) is 76.1 Å². The van der Waals surface area contributed by atoms with Gasteiger partial charge >= 0.3 is 6.18 Å². The summed E-state index contributed by atoms with van der Waals surface area (Å²) in [5.41, 5.74) is -1.79. The third kappa shape index (κ3) is 6.69. The topological polar surface area (TPSA) is 82.0 Å². The molecule has 2 aliphatic rings. The van der Waals surface area contributed by atoms with Crippen LogP contribution in [-0.4, -0.2) is 72.5 Å². The monoisotopic (exact) mass is 541 g/mol. The van der Waals surface area contributed by atoms with E-state index in [1.807, 2.05) is 4.90 Å². The lowest BCUT2D eigenvalue weighted by molar-refractivity contribution is -0.388. The molecule has 0 spiro atoms. The van der Waals surface area contributed by atoms with E-state index in [1.165, 1.54) is 18.2 Å². The van der Waals surface area contributed by atoms with Gasteiger partial charge in [-0.15, -0.1) is 0 Å². The zero-order chi connectivity index (χ0) is 27.4. The lowest BCUT2D eigenvalue weighted by Crippen LogP contribution is -2.48. The van der Waals surface area contributed by atoms with Crippen LogP contribution in [0, 0.1) is 21.7 Å². The predicted octanol–water partition coefficient (Wildman–Crippen LogP) is 4.51. The molecular weight excluding hydrogens is 513 g/mol. The maximum atomic E-state index is 14.0. The Morgan fingerprint density at radius 1 is 1.00 bits per heavy atom. The van der Waals surface area contributed by atoms with Gasteiger partial charge in [0.2, 0.25) is 5.91 Å². The Labute approximate surface area is 216 Å². The van der Waals surface area contributed by atoms with Crippen LogP contribution in [0.4, 0.5) is 39.0 Å². The molecule has 4 rings (SSSR count). The quantitative estimate of drug-likeness (QED) is 0.316. The van der Waals surface area contributed by atoms with Crippen molar-refractivity contribution in [1.29, 1.82) is 0 Å². The van der Waals surface area contributed by atoms with Gasteiger partial charge in [-0.2, -0.15) is 13.2 Å². The van der Waals surface area contributed by atoms with Crippen LogP contribution in [0.3, 0.4) is 0 Å². The minimum Gasteiger partial charge on any atom is -0.382 e. The van der Waals surface area contributed by atoms with Crippen LogP contribution in [0.15, 0.2) is 36.4 Å². The van der Waals surface area contributed by atoms with Crippen molar-refractivity contribution in [3.63, 3.8) is 0 Å². The average Bonchev–Trinajstić information content (AvgIpc) is 2.87. The van der Waals surface area contributed by atoms with Gasteiger partial charge in [-0.3, -0.25) is 19.8 Å². The molecule has 0 radical (unpaired) electrons. The molecule has 0 unspecified atom stereocenters. The van der Waals surface area contributed by atoms with Crippen molar-refractivity contribution in [2.45, 2.75) is 31.5 Å². The molecule has 2 saturated heterocycles. The van der Waals surface area contributed by atoms with Crippen LogP contribution in [0.1, 0.15) is 24.8 Å². The second-order valence-electron chi connectivity index (χ2n) is 9.46. The molecule has 0 atom stereocenters. The molecule has 206 valence electrons. The molecular formula is C25H28F5N5O3. The molecule has 1 N–H and O–H groups in total. The molecule has 0 saturated carbocycles. The number of alkyl halides is 3. The Hall–Kier alpha value is -3.48. The number of nitro groups is 1. The van der Waals surface area contributed by atoms with Gasteiger partial charge in [0.25, 0.3) is 5.69 Å². The van der Waals surface area contributed by atoms with E-state index in [9.17, 15) is 36.9 Å². The van der Waals surface area contributed by atoms with Crippen LogP contribution in [0.25, 0.3) is 0 Å². The maximum Gasteiger partial charge on any atom is 0.423 e. The Bertz CT molecular complexity index is 1160. The molecule has 0 aliphatic carbocycles. The number of benzene rings is 2. The summed E-state index contributed by atoms with van der Waals surface area (Å²) in [6.07, 6.45) is -3.46. The summed E-state index contributed by atoms with van der Waals surface area (Å²) >= 11 is 0. The molecule has 0 aromatic heterocycles. The van der Waals surface area contributed by atoms with E-state index in [1.54, 1.807) is 4.90 Å². The summed E-state index contributed by atoms with van der Waals surface area (Å²) in [6, 6.07) is 6.22. The van der Waals surface area contributed by atoms with Crippen LogP contribution in [0.5, 0.6) is 0 Å². The van der Waals surface area contributed by atoms with Crippen LogP contribution >= 0.6 is 0 Å². The van der Waals surface area contributed by atoms with Crippen molar-refractivity contribution >= 4 is 23.0 Å². The number of carbonyl (C=O) groups is 1. The van der Waals surface area contributed by atoms with Crippen molar-refractivity contribution in [1.82, 2.24) is 9.80 Å². The molecule has 0 bridgehead atoms. The van der Waals surface area contributed by atoms with E-state index in [4.69, 9.17) is 0 Å². The first-order valence-electron chi connectivity index (χ1n) is 12.3. The smallest absolute Gasteiger partial charge is 0.382 e. The van der Waals surface area contributed by atoms with Crippen molar-refractivity contribution in [2.24, 2.45) is 0 Å². The third-order valence-electron chi connectivity index (χ3n) is 6.98. The van der Waals surface area contributed by atoms with Gasteiger partial charge in [0.05, 0.1) is 10.6 Å². The first kappa shape index (κ1) is 27.6. The molecule has 8 nitrogen and oxygen atoms in total. The summed E-state index contributed by atoms with van der Waals surface area (Å²) < 4.78 is 66.9. The Kier molecular flexibility index (Phi) is 8.34. The summed E-state index contributed by atoms with van der Waals surface area (Å²) in [7, 11) is 0. The summed E-state index contributed by atoms with van der Waals surface area (Å²) in [5, 5.41) is 13.9. The number of hydrogen-bond donors (Lipinski definition) is 1.